The van der Waals surface area contributed by atoms with Gasteiger partial charge >= 0.3 is 6.18 Å². The largest absolute Gasteiger partial charge is 0.416 e. The molecule has 2 aromatic rings. The lowest BCUT2D eigenvalue weighted by Crippen LogP contribution is -2.39. The number of hydrogen-bond donors (Lipinski definition) is 0. The average molecular weight is 439 g/mol. The van der Waals surface area contributed by atoms with Gasteiger partial charge in [0.15, 0.2) is 6.10 Å². The molecule has 0 saturated heterocycles. The van der Waals surface area contributed by atoms with Gasteiger partial charge in [-0.25, -0.2) is 0 Å². The molecule has 0 saturated carbocycles. The van der Waals surface area contributed by atoms with Gasteiger partial charge in [-0.3, -0.25) is 4.79 Å². The molecule has 0 N–H and O–H groups in total. The quantitative estimate of drug-likeness (QED) is 0.594. The number of oxime groups is 1. The van der Waals surface area contributed by atoms with Crippen LogP contribution < -0.4 is 0 Å². The Kier molecular flexibility index (Phi) is 6.71. The molecule has 0 radical (unpaired) electrons. The highest BCUT2D eigenvalue weighted by Crippen LogP contribution is 2.29. The number of alkyl halides is 3. The van der Waals surface area contributed by atoms with Crippen molar-refractivity contribution in [1.82, 2.24) is 4.90 Å². The third-order valence-electron chi connectivity index (χ3n) is 4.79. The van der Waals surface area contributed by atoms with Crippen LogP contribution in [0.4, 0.5) is 13.2 Å². The maximum absolute atomic E-state index is 12.8. The molecular formula is C22H22ClF3N2O2. The van der Waals surface area contributed by atoms with Crippen LogP contribution >= 0.6 is 11.6 Å². The Balaban J connectivity index is 1.68. The normalized spacial score (nSPS) is 16.4. The molecule has 8 heteroatoms. The molecule has 0 bridgehead atoms. The highest BCUT2D eigenvalue weighted by molar-refractivity contribution is 6.30. The Morgan fingerprint density at radius 1 is 1.17 bits per heavy atom. The lowest BCUT2D eigenvalue weighted by molar-refractivity contribution is -0.138. The van der Waals surface area contributed by atoms with Crippen LogP contribution in [-0.2, 0) is 22.4 Å². The molecule has 1 aliphatic rings. The minimum absolute atomic E-state index is 0.0987. The predicted octanol–water partition coefficient (Wildman–Crippen LogP) is 5.54. The highest BCUT2D eigenvalue weighted by atomic mass is 35.5. The fourth-order valence-electron chi connectivity index (χ4n) is 3.20. The zero-order valence-corrected chi connectivity index (χ0v) is 17.4. The lowest BCUT2D eigenvalue weighted by atomic mass is 10.0. The zero-order chi connectivity index (χ0) is 21.9. The molecule has 2 aromatic carbocycles. The lowest BCUT2D eigenvalue weighted by Gasteiger charge is -2.26. The Labute approximate surface area is 178 Å². The number of halogens is 4. The summed E-state index contributed by atoms with van der Waals surface area (Å²) in [5, 5.41) is 4.76. The highest BCUT2D eigenvalue weighted by Gasteiger charge is 2.31. The second-order valence-corrected chi connectivity index (χ2v) is 7.98. The maximum atomic E-state index is 12.8. The number of amides is 1. The molecule has 0 spiro atoms. The van der Waals surface area contributed by atoms with Crippen LogP contribution in [0.5, 0.6) is 0 Å². The van der Waals surface area contributed by atoms with E-state index in [0.717, 1.165) is 23.4 Å². The van der Waals surface area contributed by atoms with Crippen LogP contribution in [0.1, 0.15) is 37.0 Å². The summed E-state index contributed by atoms with van der Waals surface area (Å²) in [5.41, 5.74) is 1.57. The minimum atomic E-state index is -4.39. The van der Waals surface area contributed by atoms with Crippen molar-refractivity contribution in [2.45, 2.75) is 39.1 Å². The number of hydrogen-bond acceptors (Lipinski definition) is 3. The smallest absolute Gasteiger partial charge is 0.390 e. The van der Waals surface area contributed by atoms with Crippen LogP contribution in [0.15, 0.2) is 53.7 Å². The maximum Gasteiger partial charge on any atom is 0.416 e. The van der Waals surface area contributed by atoms with Crippen LogP contribution in [-0.4, -0.2) is 29.2 Å². The van der Waals surface area contributed by atoms with E-state index in [1.54, 1.807) is 30.9 Å². The van der Waals surface area contributed by atoms with Crippen molar-refractivity contribution in [2.75, 3.05) is 6.54 Å². The molecule has 4 nitrogen and oxygen atoms in total. The molecule has 3 rings (SSSR count). The van der Waals surface area contributed by atoms with E-state index in [4.69, 9.17) is 16.4 Å². The molecular weight excluding hydrogens is 417 g/mol. The number of rotatable bonds is 6. The van der Waals surface area contributed by atoms with Gasteiger partial charge in [0, 0.05) is 23.9 Å². The van der Waals surface area contributed by atoms with Crippen molar-refractivity contribution >= 4 is 23.2 Å². The fraction of sp³-hybridized carbons (Fsp3) is 0.364. The van der Waals surface area contributed by atoms with Gasteiger partial charge in [-0.2, -0.15) is 13.2 Å². The molecule has 0 aromatic heterocycles. The summed E-state index contributed by atoms with van der Waals surface area (Å²) in [6.07, 6.45) is -4.19. The van der Waals surface area contributed by atoms with Gasteiger partial charge in [0.05, 0.1) is 17.8 Å². The van der Waals surface area contributed by atoms with Crippen molar-refractivity contribution in [2.24, 2.45) is 11.1 Å². The van der Waals surface area contributed by atoms with E-state index < -0.39 is 11.7 Å². The van der Waals surface area contributed by atoms with Gasteiger partial charge in [0.1, 0.15) is 0 Å². The topological polar surface area (TPSA) is 41.9 Å². The fourth-order valence-corrected chi connectivity index (χ4v) is 3.33. The summed E-state index contributed by atoms with van der Waals surface area (Å²) in [5.74, 6) is -0.351. The van der Waals surface area contributed by atoms with Crippen molar-refractivity contribution in [3.05, 3.63) is 70.2 Å². The summed E-state index contributed by atoms with van der Waals surface area (Å²) in [7, 11) is 0. The van der Waals surface area contributed by atoms with Gasteiger partial charge in [-0.15, -0.1) is 0 Å². The minimum Gasteiger partial charge on any atom is -0.390 e. The summed E-state index contributed by atoms with van der Waals surface area (Å²) < 4.78 is 38.4. The van der Waals surface area contributed by atoms with Gasteiger partial charge in [0.2, 0.25) is 5.91 Å². The molecule has 1 aliphatic heterocycles. The molecule has 1 unspecified atom stereocenters. The van der Waals surface area contributed by atoms with Gasteiger partial charge in [-0.1, -0.05) is 54.9 Å². The molecule has 0 fully saturated rings. The number of carbonyl (C=O) groups excluding carboxylic acids is 1. The first-order valence-corrected chi connectivity index (χ1v) is 9.95. The Morgan fingerprint density at radius 2 is 1.80 bits per heavy atom. The third kappa shape index (κ3) is 5.53. The number of benzene rings is 2. The SMILES string of the molecule is CC(C)C(=O)N(Cc1ccc(C(F)(F)F)cc1)CC1CC(c2ccc(Cl)cc2)=NO1. The van der Waals surface area contributed by atoms with E-state index in [1.807, 2.05) is 12.1 Å². The summed E-state index contributed by atoms with van der Waals surface area (Å²) >= 11 is 5.91. The standard InChI is InChI=1S/C22H22ClF3N2O2/c1-14(2)21(29)28(12-15-3-7-17(8-4-15)22(24,25)26)13-19-11-20(27-30-19)16-5-9-18(23)10-6-16/h3-10,14,19H,11-13H2,1-2H3. The summed E-state index contributed by atoms with van der Waals surface area (Å²) in [6.45, 7) is 4.06. The van der Waals surface area contributed by atoms with E-state index in [1.165, 1.54) is 12.1 Å². The molecule has 1 amide bonds. The second-order valence-electron chi connectivity index (χ2n) is 7.54. The number of carbonyl (C=O) groups is 1. The van der Waals surface area contributed by atoms with E-state index >= 15 is 0 Å². The Bertz CT molecular complexity index is 909. The average Bonchev–Trinajstić information content (AvgIpc) is 3.15. The monoisotopic (exact) mass is 438 g/mol. The van der Waals surface area contributed by atoms with Gasteiger partial charge in [-0.05, 0) is 35.4 Å². The van der Waals surface area contributed by atoms with Gasteiger partial charge < -0.3 is 9.74 Å². The van der Waals surface area contributed by atoms with Crippen molar-refractivity contribution in [3.8, 4) is 0 Å². The van der Waals surface area contributed by atoms with Crippen LogP contribution in [0.25, 0.3) is 0 Å². The first-order valence-electron chi connectivity index (χ1n) is 9.57. The molecule has 1 atom stereocenters. The Hall–Kier alpha value is -2.54. The Morgan fingerprint density at radius 3 is 2.37 bits per heavy atom. The molecule has 0 aliphatic carbocycles. The number of nitrogens with zero attached hydrogens (tertiary/aromatic N) is 2. The van der Waals surface area contributed by atoms with Crippen molar-refractivity contribution in [3.63, 3.8) is 0 Å². The van der Waals surface area contributed by atoms with Crippen molar-refractivity contribution < 1.29 is 22.8 Å². The molecule has 160 valence electrons. The first kappa shape index (κ1) is 22.2. The summed E-state index contributed by atoms with van der Waals surface area (Å²) in [6, 6.07) is 12.1. The van der Waals surface area contributed by atoms with Crippen molar-refractivity contribution in [1.29, 1.82) is 0 Å². The predicted molar refractivity (Wildman–Crippen MR) is 109 cm³/mol. The van der Waals surface area contributed by atoms with E-state index in [9.17, 15) is 18.0 Å². The van der Waals surface area contributed by atoms with Crippen LogP contribution in [0.2, 0.25) is 5.02 Å². The zero-order valence-electron chi connectivity index (χ0n) is 16.6. The third-order valence-corrected chi connectivity index (χ3v) is 5.05. The first-order chi connectivity index (χ1) is 14.1. The molecule has 30 heavy (non-hydrogen) atoms. The van der Waals surface area contributed by atoms with Crippen LogP contribution in [0, 0.1) is 5.92 Å². The van der Waals surface area contributed by atoms with E-state index in [2.05, 4.69) is 5.16 Å². The van der Waals surface area contributed by atoms with E-state index in [-0.39, 0.29) is 24.5 Å². The second kappa shape index (κ2) is 9.08. The summed E-state index contributed by atoms with van der Waals surface area (Å²) in [4.78, 5) is 19.8. The van der Waals surface area contributed by atoms with E-state index in [0.29, 0.717) is 23.6 Å². The van der Waals surface area contributed by atoms with Gasteiger partial charge in [0.25, 0.3) is 0 Å². The van der Waals surface area contributed by atoms with Crippen LogP contribution in [0.3, 0.4) is 0 Å². The molecule has 1 heterocycles.